The van der Waals surface area contributed by atoms with Gasteiger partial charge in [-0.15, -0.1) is 0 Å². The van der Waals surface area contributed by atoms with Crippen LogP contribution in [0, 0.1) is 0 Å². The van der Waals surface area contributed by atoms with Crippen molar-refractivity contribution in [2.45, 2.75) is 258 Å². The molecule has 1 amide bonds. The van der Waals surface area contributed by atoms with E-state index in [1.165, 1.54) is 103 Å². The molecule has 0 fully saturated rings. The topological polar surface area (TPSA) is 111 Å². The first kappa shape index (κ1) is 67.5. The molecule has 10 heteroatoms. The number of allylic oxidation sites excluding steroid dienone is 11. The quantitative estimate of drug-likeness (QED) is 0.0205. The first-order chi connectivity index (χ1) is 33.9. The Balaban J connectivity index is 5.42. The molecule has 0 aromatic heterocycles. The second-order valence-corrected chi connectivity index (χ2v) is 21.9. The molecular weight excluding hydrogens is 892 g/mol. The number of amides is 1. The maximum atomic E-state index is 13.5. The minimum atomic E-state index is -4.45. The minimum Gasteiger partial charge on any atom is -0.456 e. The average molecular weight is 1000 g/mol. The van der Waals surface area contributed by atoms with Gasteiger partial charge in [0.25, 0.3) is 0 Å². The van der Waals surface area contributed by atoms with E-state index in [2.05, 4.69) is 86.8 Å². The number of phosphoric ester groups is 1. The van der Waals surface area contributed by atoms with Crippen LogP contribution in [0.2, 0.25) is 0 Å². The summed E-state index contributed by atoms with van der Waals surface area (Å²) in [6.45, 7) is 6.85. The summed E-state index contributed by atoms with van der Waals surface area (Å²) >= 11 is 0. The number of rotatable bonds is 51. The first-order valence-electron chi connectivity index (χ1n) is 28.8. The molecule has 0 aliphatic rings. The van der Waals surface area contributed by atoms with Crippen molar-refractivity contribution in [3.63, 3.8) is 0 Å². The Morgan fingerprint density at radius 3 is 1.40 bits per heavy atom. The second-order valence-electron chi connectivity index (χ2n) is 20.4. The number of likely N-dealkylation sites (N-methyl/N-ethyl adjacent to an activating group) is 1. The zero-order valence-corrected chi connectivity index (χ0v) is 47.1. The molecule has 406 valence electrons. The van der Waals surface area contributed by atoms with Crippen molar-refractivity contribution >= 4 is 19.7 Å². The van der Waals surface area contributed by atoms with Crippen molar-refractivity contribution < 1.29 is 37.3 Å². The van der Waals surface area contributed by atoms with Crippen LogP contribution in [0.3, 0.4) is 0 Å². The standard InChI is InChI=1S/C60H109N2O7P/c1-7-10-13-16-19-22-25-28-30-31-32-35-38-41-44-47-50-53-60(64)69-58(51-48-45-42-39-36-33-27-24-21-18-15-12-9-3)57(56-68-70(65,66)67-55-54-62(4,5)6)61-59(63)52-49-46-43-40-37-34-29-26-23-20-17-14-11-8-2/h11,14,19-20,22-23,28,30,32,35,48,51,57-58H,7-10,12-13,15-18,21,24-27,29,31,33-34,36-47,49-50,52-56H2,1-6H3,(H-,61,63,65,66)/p+1/b14-11+,22-19-,23-20+,30-28-,35-32-,51-48+. The van der Waals surface area contributed by atoms with Crippen LogP contribution in [-0.4, -0.2) is 74.3 Å². The van der Waals surface area contributed by atoms with Gasteiger partial charge in [-0.2, -0.15) is 0 Å². The molecule has 0 rings (SSSR count). The van der Waals surface area contributed by atoms with Gasteiger partial charge in [0, 0.05) is 12.8 Å². The normalized spacial score (nSPS) is 14.3. The van der Waals surface area contributed by atoms with Crippen molar-refractivity contribution in [3.8, 4) is 0 Å². The van der Waals surface area contributed by atoms with Crippen LogP contribution < -0.4 is 5.32 Å². The number of nitrogens with zero attached hydrogens (tertiary/aromatic N) is 1. The summed E-state index contributed by atoms with van der Waals surface area (Å²) in [5.41, 5.74) is 0. The number of carbonyl (C=O) groups is 2. The van der Waals surface area contributed by atoms with Gasteiger partial charge >= 0.3 is 13.8 Å². The number of esters is 1. The van der Waals surface area contributed by atoms with Crippen molar-refractivity contribution in [1.82, 2.24) is 5.32 Å². The molecule has 70 heavy (non-hydrogen) atoms. The van der Waals surface area contributed by atoms with Gasteiger partial charge in [-0.25, -0.2) is 4.57 Å². The SMILES string of the molecule is CC/C=C/C/C=C/CCCCCCCCCC(=O)NC(COP(=O)(O)OCC[N+](C)(C)C)C(/C=C/CCCCCCCCCCCCC)OC(=O)CCCCCC/C=C\C/C=C\C/C=C\CCCCC. The van der Waals surface area contributed by atoms with Crippen LogP contribution in [0.5, 0.6) is 0 Å². The van der Waals surface area contributed by atoms with Crippen molar-refractivity contribution in [3.05, 3.63) is 72.9 Å². The Morgan fingerprint density at radius 1 is 0.514 bits per heavy atom. The third kappa shape index (κ3) is 50.4. The number of unbranched alkanes of at least 4 members (excludes halogenated alkanes) is 25. The lowest BCUT2D eigenvalue weighted by Crippen LogP contribution is -2.47. The number of carbonyl (C=O) groups excluding carboxylic acids is 2. The predicted molar refractivity (Wildman–Crippen MR) is 300 cm³/mol. The molecule has 0 aliphatic heterocycles. The van der Waals surface area contributed by atoms with Crippen molar-refractivity contribution in [2.24, 2.45) is 0 Å². The maximum Gasteiger partial charge on any atom is 0.472 e. The van der Waals surface area contributed by atoms with E-state index in [9.17, 15) is 19.0 Å². The molecule has 3 unspecified atom stereocenters. The number of hydrogen-bond acceptors (Lipinski definition) is 6. The van der Waals surface area contributed by atoms with Gasteiger partial charge in [0.05, 0.1) is 33.8 Å². The number of ether oxygens (including phenoxy) is 1. The molecular formula is C60H110N2O7P+. The Morgan fingerprint density at radius 2 is 0.914 bits per heavy atom. The summed E-state index contributed by atoms with van der Waals surface area (Å²) < 4.78 is 30.6. The smallest absolute Gasteiger partial charge is 0.456 e. The van der Waals surface area contributed by atoms with E-state index in [1.54, 1.807) is 0 Å². The van der Waals surface area contributed by atoms with Crippen LogP contribution in [0.1, 0.15) is 245 Å². The van der Waals surface area contributed by atoms with Gasteiger partial charge in [0.1, 0.15) is 19.3 Å². The molecule has 0 saturated carbocycles. The third-order valence-electron chi connectivity index (χ3n) is 12.4. The second kappa shape index (κ2) is 50.0. The molecule has 0 heterocycles. The third-order valence-corrected chi connectivity index (χ3v) is 13.4. The van der Waals surface area contributed by atoms with E-state index in [1.807, 2.05) is 33.3 Å². The highest BCUT2D eigenvalue weighted by atomic mass is 31.2. The molecule has 3 atom stereocenters. The van der Waals surface area contributed by atoms with E-state index in [4.69, 9.17) is 13.8 Å². The van der Waals surface area contributed by atoms with E-state index >= 15 is 0 Å². The number of phosphoric acid groups is 1. The van der Waals surface area contributed by atoms with Crippen molar-refractivity contribution in [2.75, 3.05) is 40.9 Å². The van der Waals surface area contributed by atoms with Gasteiger partial charge in [-0.3, -0.25) is 18.6 Å². The first-order valence-corrected chi connectivity index (χ1v) is 30.3. The van der Waals surface area contributed by atoms with Crippen LogP contribution in [0.25, 0.3) is 0 Å². The van der Waals surface area contributed by atoms with E-state index < -0.39 is 20.0 Å². The Bertz CT molecular complexity index is 1430. The molecule has 0 aromatic rings. The highest BCUT2D eigenvalue weighted by Crippen LogP contribution is 2.43. The summed E-state index contributed by atoms with van der Waals surface area (Å²) in [5, 5.41) is 3.04. The Kier molecular flexibility index (Phi) is 48.2. The van der Waals surface area contributed by atoms with Crippen LogP contribution in [-0.2, 0) is 27.9 Å². The van der Waals surface area contributed by atoms with Gasteiger partial charge in [0.15, 0.2) is 0 Å². The summed E-state index contributed by atoms with van der Waals surface area (Å²) in [6.07, 6.45) is 63.2. The number of quaternary nitrogens is 1. The molecule has 0 radical (unpaired) electrons. The molecule has 0 spiro atoms. The molecule has 9 nitrogen and oxygen atoms in total. The van der Waals surface area contributed by atoms with Gasteiger partial charge in [0.2, 0.25) is 5.91 Å². The lowest BCUT2D eigenvalue weighted by molar-refractivity contribution is -0.870. The fourth-order valence-electron chi connectivity index (χ4n) is 7.92. The van der Waals surface area contributed by atoms with E-state index in [0.717, 1.165) is 103 Å². The molecule has 2 N–H and O–H groups in total. The lowest BCUT2D eigenvalue weighted by atomic mass is 10.0. The van der Waals surface area contributed by atoms with E-state index in [-0.39, 0.29) is 31.5 Å². The Hall–Kier alpha value is -2.55. The zero-order chi connectivity index (χ0) is 51.5. The largest absolute Gasteiger partial charge is 0.472 e. The molecule has 0 saturated heterocycles. The fraction of sp³-hybridized carbons (Fsp3) is 0.767. The average Bonchev–Trinajstić information content (AvgIpc) is 3.32. The number of nitrogens with one attached hydrogen (secondary N) is 1. The monoisotopic (exact) mass is 1000 g/mol. The molecule has 0 aliphatic carbocycles. The summed E-state index contributed by atoms with van der Waals surface area (Å²) in [6, 6.07) is -0.863. The number of hydrogen-bond donors (Lipinski definition) is 2. The van der Waals surface area contributed by atoms with Gasteiger partial charge < -0.3 is 19.4 Å². The van der Waals surface area contributed by atoms with Crippen LogP contribution in [0.4, 0.5) is 0 Å². The molecule has 0 aromatic carbocycles. The highest BCUT2D eigenvalue weighted by Gasteiger charge is 2.30. The summed E-state index contributed by atoms with van der Waals surface area (Å²) in [4.78, 5) is 37.6. The lowest BCUT2D eigenvalue weighted by Gasteiger charge is -2.27. The molecule has 0 bridgehead atoms. The maximum absolute atomic E-state index is 13.5. The van der Waals surface area contributed by atoms with Gasteiger partial charge in [-0.05, 0) is 96.0 Å². The van der Waals surface area contributed by atoms with Crippen LogP contribution >= 0.6 is 7.82 Å². The summed E-state index contributed by atoms with van der Waals surface area (Å²) in [7, 11) is 1.47. The van der Waals surface area contributed by atoms with E-state index in [0.29, 0.717) is 23.9 Å². The van der Waals surface area contributed by atoms with Crippen LogP contribution in [0.15, 0.2) is 72.9 Å². The van der Waals surface area contributed by atoms with Crippen molar-refractivity contribution in [1.29, 1.82) is 0 Å². The zero-order valence-electron chi connectivity index (χ0n) is 46.2. The minimum absolute atomic E-state index is 0.0323. The highest BCUT2D eigenvalue weighted by molar-refractivity contribution is 7.47. The summed E-state index contributed by atoms with van der Waals surface area (Å²) in [5.74, 6) is -0.541. The predicted octanol–water partition coefficient (Wildman–Crippen LogP) is 17.3. The fourth-order valence-corrected chi connectivity index (χ4v) is 8.66. The van der Waals surface area contributed by atoms with Gasteiger partial charge in [-0.1, -0.05) is 210 Å². The Labute approximate surface area is 432 Å².